The largest absolute Gasteiger partial charge is 0.347 e. The highest BCUT2D eigenvalue weighted by atomic mass is 32.1. The highest BCUT2D eigenvalue weighted by Gasteiger charge is 2.31. The van der Waals surface area contributed by atoms with E-state index >= 15 is 0 Å². The Labute approximate surface area is 187 Å². The van der Waals surface area contributed by atoms with Gasteiger partial charge < -0.3 is 10.2 Å². The Balaban J connectivity index is 1.46. The zero-order valence-corrected chi connectivity index (χ0v) is 18.8. The molecule has 31 heavy (non-hydrogen) atoms. The number of amides is 1. The third kappa shape index (κ3) is 5.45. The van der Waals surface area contributed by atoms with E-state index in [4.69, 9.17) is 0 Å². The van der Waals surface area contributed by atoms with Gasteiger partial charge >= 0.3 is 0 Å². The predicted octanol–water partition coefficient (Wildman–Crippen LogP) is 3.38. The summed E-state index contributed by atoms with van der Waals surface area (Å²) in [6.45, 7) is 2.74. The van der Waals surface area contributed by atoms with Crippen LogP contribution in [0.4, 0.5) is 5.95 Å². The Bertz CT molecular complexity index is 962. The number of rotatable bonds is 7. The smallest absolute Gasteiger partial charge is 0.251 e. The summed E-state index contributed by atoms with van der Waals surface area (Å²) in [5.74, 6) is 0.966. The fourth-order valence-corrected chi connectivity index (χ4v) is 4.79. The lowest BCUT2D eigenvalue weighted by molar-refractivity contribution is 0.0877. The number of hydrogen-bond acceptors (Lipinski definition) is 7. The molecule has 0 aliphatic carbocycles. The second-order valence-corrected chi connectivity index (χ2v) is 9.04. The number of carbonyl (C=O) groups is 1. The van der Waals surface area contributed by atoms with E-state index in [2.05, 4.69) is 25.2 Å². The van der Waals surface area contributed by atoms with Crippen molar-refractivity contribution in [2.45, 2.75) is 25.4 Å². The number of piperidine rings is 1. The molecule has 1 aliphatic rings. The minimum absolute atomic E-state index is 0.0504. The molecule has 7 nitrogen and oxygen atoms in total. The van der Waals surface area contributed by atoms with Crippen molar-refractivity contribution < 1.29 is 4.79 Å². The van der Waals surface area contributed by atoms with Crippen molar-refractivity contribution in [3.8, 4) is 0 Å². The monoisotopic (exact) mass is 436 g/mol. The maximum absolute atomic E-state index is 12.9. The number of anilines is 1. The molecule has 4 rings (SSSR count). The number of aromatic nitrogens is 3. The van der Waals surface area contributed by atoms with Crippen LogP contribution in [0.5, 0.6) is 0 Å². The molecule has 0 bridgehead atoms. The quantitative estimate of drug-likeness (QED) is 0.612. The van der Waals surface area contributed by atoms with Crippen LogP contribution in [0.15, 0.2) is 54.3 Å². The summed E-state index contributed by atoms with van der Waals surface area (Å²) in [7, 11) is 3.87. The number of nitrogens with one attached hydrogen (secondary N) is 1. The highest BCUT2D eigenvalue weighted by Crippen LogP contribution is 2.32. The van der Waals surface area contributed by atoms with E-state index in [1.54, 1.807) is 11.3 Å². The summed E-state index contributed by atoms with van der Waals surface area (Å²) in [6, 6.07) is 9.29. The van der Waals surface area contributed by atoms with Crippen molar-refractivity contribution in [2.75, 3.05) is 32.1 Å². The van der Waals surface area contributed by atoms with E-state index in [1.165, 1.54) is 0 Å². The van der Waals surface area contributed by atoms with Crippen LogP contribution in [0.3, 0.4) is 0 Å². The maximum atomic E-state index is 12.9. The van der Waals surface area contributed by atoms with Crippen LogP contribution >= 0.6 is 11.3 Å². The van der Waals surface area contributed by atoms with Gasteiger partial charge in [-0.3, -0.25) is 9.69 Å². The molecular formula is C23H28N6OS. The lowest BCUT2D eigenvalue weighted by atomic mass is 9.90. The highest BCUT2D eigenvalue weighted by molar-refractivity contribution is 7.09. The van der Waals surface area contributed by atoms with Crippen molar-refractivity contribution in [3.63, 3.8) is 0 Å². The van der Waals surface area contributed by atoms with Gasteiger partial charge in [-0.05, 0) is 37.4 Å². The third-order valence-corrected chi connectivity index (χ3v) is 6.41. The molecule has 0 unspecified atom stereocenters. The summed E-state index contributed by atoms with van der Waals surface area (Å²) < 4.78 is 0. The van der Waals surface area contributed by atoms with Crippen LogP contribution < -0.4 is 10.2 Å². The lowest BCUT2D eigenvalue weighted by Crippen LogP contribution is -2.42. The lowest BCUT2D eigenvalue weighted by Gasteiger charge is -2.36. The van der Waals surface area contributed by atoms with E-state index in [-0.39, 0.29) is 11.9 Å². The van der Waals surface area contributed by atoms with Gasteiger partial charge in [0.05, 0.1) is 6.04 Å². The van der Waals surface area contributed by atoms with E-state index in [9.17, 15) is 4.79 Å². The molecule has 2 aromatic heterocycles. The Morgan fingerprint density at radius 1 is 1.23 bits per heavy atom. The van der Waals surface area contributed by atoms with Gasteiger partial charge in [0.2, 0.25) is 5.95 Å². The zero-order valence-electron chi connectivity index (χ0n) is 17.9. The summed E-state index contributed by atoms with van der Waals surface area (Å²) in [5, 5.41) is 6.20. The molecule has 162 valence electrons. The molecule has 1 N–H and O–H groups in total. The second kappa shape index (κ2) is 9.98. The van der Waals surface area contributed by atoms with Crippen LogP contribution in [-0.2, 0) is 6.54 Å². The summed E-state index contributed by atoms with van der Waals surface area (Å²) in [6.07, 6.45) is 7.77. The van der Waals surface area contributed by atoms with Crippen molar-refractivity contribution in [1.29, 1.82) is 0 Å². The predicted molar refractivity (Wildman–Crippen MR) is 123 cm³/mol. The molecule has 0 spiro atoms. The van der Waals surface area contributed by atoms with Crippen molar-refractivity contribution >= 4 is 23.2 Å². The number of carbonyl (C=O) groups excluding carboxylic acids is 1. The first-order valence-corrected chi connectivity index (χ1v) is 11.4. The first kappa shape index (κ1) is 21.4. The molecule has 1 fully saturated rings. The van der Waals surface area contributed by atoms with E-state index in [0.29, 0.717) is 17.4 Å². The molecule has 8 heteroatoms. The number of benzene rings is 1. The number of hydrogen-bond donors (Lipinski definition) is 1. The van der Waals surface area contributed by atoms with Gasteiger partial charge in [0.1, 0.15) is 5.01 Å². The van der Waals surface area contributed by atoms with Gasteiger partial charge in [-0.15, -0.1) is 11.3 Å². The van der Waals surface area contributed by atoms with Gasteiger partial charge in [-0.1, -0.05) is 18.2 Å². The Morgan fingerprint density at radius 3 is 2.68 bits per heavy atom. The molecule has 2 atom stereocenters. The first-order chi connectivity index (χ1) is 15.1. The van der Waals surface area contributed by atoms with Gasteiger partial charge in [0.25, 0.3) is 5.91 Å². The molecule has 3 aromatic rings. The molecule has 0 radical (unpaired) electrons. The number of likely N-dealkylation sites (tertiary alicyclic amines) is 1. The summed E-state index contributed by atoms with van der Waals surface area (Å²) in [4.78, 5) is 30.6. The van der Waals surface area contributed by atoms with Gasteiger partial charge in [0, 0.05) is 62.3 Å². The molecule has 1 saturated heterocycles. The van der Waals surface area contributed by atoms with Crippen LogP contribution in [-0.4, -0.2) is 52.9 Å². The third-order valence-electron chi connectivity index (χ3n) is 5.55. The zero-order chi connectivity index (χ0) is 21.6. The van der Waals surface area contributed by atoms with Crippen LogP contribution in [0, 0.1) is 5.92 Å². The van der Waals surface area contributed by atoms with Crippen LogP contribution in [0.25, 0.3) is 0 Å². The second-order valence-electron chi connectivity index (χ2n) is 8.11. The fourth-order valence-electron chi connectivity index (χ4n) is 4.01. The standard InChI is InChI=1S/C23H28N6OS/c1-28(2)23-25-13-17(14-26-23)15-29-11-6-9-19(16-29)20(22-24-10-12-31-22)27-21(30)18-7-4-3-5-8-18/h3-5,7-8,10,12-14,19-20H,6,9,11,15-16H2,1-2H3,(H,27,30)/t19-,20-/m1/s1. The SMILES string of the molecule is CN(C)c1ncc(CN2CCC[C@@H]([C@@H](NC(=O)c3ccccc3)c3nccs3)C2)cn1. The Morgan fingerprint density at radius 2 is 2.00 bits per heavy atom. The van der Waals surface area contributed by atoms with Crippen molar-refractivity contribution in [1.82, 2.24) is 25.2 Å². The summed E-state index contributed by atoms with van der Waals surface area (Å²) in [5.41, 5.74) is 1.78. The molecule has 1 amide bonds. The summed E-state index contributed by atoms with van der Waals surface area (Å²) >= 11 is 1.60. The molecule has 1 aliphatic heterocycles. The Kier molecular flexibility index (Phi) is 6.89. The molecule has 0 saturated carbocycles. The van der Waals surface area contributed by atoms with Gasteiger partial charge in [0.15, 0.2) is 0 Å². The van der Waals surface area contributed by atoms with E-state index < -0.39 is 0 Å². The molecular weight excluding hydrogens is 408 g/mol. The minimum Gasteiger partial charge on any atom is -0.347 e. The average Bonchev–Trinajstić information content (AvgIpc) is 3.33. The topological polar surface area (TPSA) is 74.2 Å². The number of nitrogens with zero attached hydrogens (tertiary/aromatic N) is 5. The molecule has 3 heterocycles. The average molecular weight is 437 g/mol. The Hall–Kier alpha value is -2.84. The van der Waals surface area contributed by atoms with Gasteiger partial charge in [-0.25, -0.2) is 15.0 Å². The van der Waals surface area contributed by atoms with E-state index in [1.807, 2.05) is 73.3 Å². The van der Waals surface area contributed by atoms with Gasteiger partial charge in [-0.2, -0.15) is 0 Å². The van der Waals surface area contributed by atoms with Crippen LogP contribution in [0.1, 0.15) is 39.8 Å². The maximum Gasteiger partial charge on any atom is 0.251 e. The van der Waals surface area contributed by atoms with Crippen molar-refractivity contribution in [2.24, 2.45) is 5.92 Å². The molecule has 1 aromatic carbocycles. The fraction of sp³-hybridized carbons (Fsp3) is 0.391. The normalized spacial score (nSPS) is 17.8. The minimum atomic E-state index is -0.0946. The number of thiazole rings is 1. The first-order valence-electron chi connectivity index (χ1n) is 10.6. The van der Waals surface area contributed by atoms with E-state index in [0.717, 1.165) is 43.0 Å². The van der Waals surface area contributed by atoms with Crippen molar-refractivity contribution in [3.05, 3.63) is 70.4 Å². The van der Waals surface area contributed by atoms with Crippen LogP contribution in [0.2, 0.25) is 0 Å².